The van der Waals surface area contributed by atoms with Crippen LogP contribution in [-0.2, 0) is 14.6 Å². The molecule has 0 radical (unpaired) electrons. The highest BCUT2D eigenvalue weighted by Gasteiger charge is 2.47. The molecule has 2 aliphatic rings. The number of nitrogens with zero attached hydrogens (tertiary/aromatic N) is 3. The first-order valence-corrected chi connectivity index (χ1v) is 14.6. The summed E-state index contributed by atoms with van der Waals surface area (Å²) < 4.78 is 37.9. The summed E-state index contributed by atoms with van der Waals surface area (Å²) in [7, 11) is -3.35. The second-order valence-corrected chi connectivity index (χ2v) is 12.6. The standard InChI is InChI=1S/C26H25FN4O3S2/c1-36(33,34)19-8-6-16(7-9-19)23-22(30-25(35-23)17-12-18(27)14-29-13-17)20-4-2-3-5-21(20)24(32)31-26(15-28)10-11-26/h6-9,12-14,20-21H,2-5,10-11H2,1H3,(H,31,32)/t20-,21-/m1/s1. The molecule has 0 saturated heterocycles. The number of thiazole rings is 1. The normalized spacial score (nSPS) is 20.9. The lowest BCUT2D eigenvalue weighted by Crippen LogP contribution is -2.42. The fraction of sp³-hybridized carbons (Fsp3) is 0.385. The molecule has 2 saturated carbocycles. The van der Waals surface area contributed by atoms with Crippen LogP contribution in [0.3, 0.4) is 0 Å². The Labute approximate surface area is 213 Å². The molecule has 3 aromatic rings. The van der Waals surface area contributed by atoms with Gasteiger partial charge in [-0.15, -0.1) is 11.3 Å². The molecule has 1 N–H and O–H groups in total. The van der Waals surface area contributed by atoms with Crippen molar-refractivity contribution in [3.63, 3.8) is 0 Å². The number of amides is 1. The first kappa shape index (κ1) is 24.5. The van der Waals surface area contributed by atoms with Crippen LogP contribution >= 0.6 is 11.3 Å². The second-order valence-electron chi connectivity index (χ2n) is 9.60. The van der Waals surface area contributed by atoms with E-state index in [1.54, 1.807) is 30.5 Å². The molecule has 0 bridgehead atoms. The SMILES string of the molecule is CS(=O)(=O)c1ccc(-c2sc(-c3cncc(F)c3)nc2[C@@H]2CCCC[C@H]2C(=O)NC2(C#N)CC2)cc1. The Morgan fingerprint density at radius 1 is 1.17 bits per heavy atom. The van der Waals surface area contributed by atoms with Crippen LogP contribution in [0.5, 0.6) is 0 Å². The molecule has 0 unspecified atom stereocenters. The van der Waals surface area contributed by atoms with Crippen molar-refractivity contribution < 1.29 is 17.6 Å². The molecule has 2 aliphatic carbocycles. The van der Waals surface area contributed by atoms with E-state index < -0.39 is 21.2 Å². The number of pyridine rings is 1. The van der Waals surface area contributed by atoms with E-state index in [-0.39, 0.29) is 22.6 Å². The Morgan fingerprint density at radius 3 is 2.53 bits per heavy atom. The van der Waals surface area contributed by atoms with Crippen molar-refractivity contribution in [3.8, 4) is 27.1 Å². The molecule has 36 heavy (non-hydrogen) atoms. The highest BCUT2D eigenvalue weighted by atomic mass is 32.2. The Kier molecular flexibility index (Phi) is 6.39. The van der Waals surface area contributed by atoms with E-state index in [0.717, 1.165) is 47.8 Å². The van der Waals surface area contributed by atoms with Crippen molar-refractivity contribution in [3.05, 3.63) is 54.2 Å². The lowest BCUT2D eigenvalue weighted by Gasteiger charge is -2.31. The predicted octanol–water partition coefficient (Wildman–Crippen LogP) is 4.86. The van der Waals surface area contributed by atoms with Gasteiger partial charge in [0, 0.05) is 29.9 Å². The summed E-state index contributed by atoms with van der Waals surface area (Å²) in [6.45, 7) is 0. The molecule has 2 heterocycles. The molecule has 1 amide bonds. The third-order valence-corrected chi connectivity index (χ3v) is 9.23. The van der Waals surface area contributed by atoms with Gasteiger partial charge in [0.2, 0.25) is 5.91 Å². The van der Waals surface area contributed by atoms with Gasteiger partial charge in [0.15, 0.2) is 9.84 Å². The van der Waals surface area contributed by atoms with E-state index in [0.29, 0.717) is 29.8 Å². The van der Waals surface area contributed by atoms with Gasteiger partial charge in [0.1, 0.15) is 16.4 Å². The first-order chi connectivity index (χ1) is 17.2. The zero-order valence-electron chi connectivity index (χ0n) is 19.7. The van der Waals surface area contributed by atoms with Crippen molar-refractivity contribution in [1.29, 1.82) is 5.26 Å². The molecule has 0 aliphatic heterocycles. The van der Waals surface area contributed by atoms with Crippen LogP contribution in [0.15, 0.2) is 47.6 Å². The maximum Gasteiger partial charge on any atom is 0.225 e. The molecule has 186 valence electrons. The van der Waals surface area contributed by atoms with Crippen molar-refractivity contribution in [2.75, 3.05) is 6.26 Å². The molecule has 2 atom stereocenters. The quantitative estimate of drug-likeness (QED) is 0.493. The number of carbonyl (C=O) groups is 1. The van der Waals surface area contributed by atoms with Crippen LogP contribution in [-0.4, -0.2) is 36.1 Å². The number of rotatable bonds is 6. The van der Waals surface area contributed by atoms with Crippen LogP contribution < -0.4 is 5.32 Å². The lowest BCUT2D eigenvalue weighted by atomic mass is 9.76. The van der Waals surface area contributed by atoms with Crippen molar-refractivity contribution >= 4 is 27.1 Å². The van der Waals surface area contributed by atoms with E-state index >= 15 is 0 Å². The number of nitriles is 1. The molecule has 2 aromatic heterocycles. The summed E-state index contributed by atoms with van der Waals surface area (Å²) in [5.74, 6) is -1.10. The summed E-state index contributed by atoms with van der Waals surface area (Å²) in [5, 5.41) is 13.0. The summed E-state index contributed by atoms with van der Waals surface area (Å²) in [6, 6.07) is 10.2. The number of aromatic nitrogens is 2. The third-order valence-electron chi connectivity index (χ3n) is 6.93. The molecule has 7 nitrogen and oxygen atoms in total. The molecular weight excluding hydrogens is 499 g/mol. The van der Waals surface area contributed by atoms with Gasteiger partial charge in [-0.2, -0.15) is 5.26 Å². The fourth-order valence-electron chi connectivity index (χ4n) is 4.79. The largest absolute Gasteiger partial charge is 0.338 e. The minimum Gasteiger partial charge on any atom is -0.338 e. The molecular formula is C26H25FN4O3S2. The van der Waals surface area contributed by atoms with E-state index in [4.69, 9.17) is 4.98 Å². The van der Waals surface area contributed by atoms with Crippen LogP contribution in [0.1, 0.15) is 50.1 Å². The first-order valence-electron chi connectivity index (χ1n) is 11.8. The molecule has 2 fully saturated rings. The average molecular weight is 525 g/mol. The van der Waals surface area contributed by atoms with Gasteiger partial charge in [0.25, 0.3) is 0 Å². The van der Waals surface area contributed by atoms with Gasteiger partial charge in [-0.05, 0) is 49.4 Å². The van der Waals surface area contributed by atoms with E-state index in [9.17, 15) is 22.9 Å². The molecule has 5 rings (SSSR count). The summed E-state index contributed by atoms with van der Waals surface area (Å²) in [5.41, 5.74) is 1.32. The Morgan fingerprint density at radius 2 is 1.89 bits per heavy atom. The minimum absolute atomic E-state index is 0.126. The van der Waals surface area contributed by atoms with Crippen LogP contribution in [0, 0.1) is 23.1 Å². The van der Waals surface area contributed by atoms with E-state index in [1.807, 2.05) is 0 Å². The monoisotopic (exact) mass is 524 g/mol. The van der Waals surface area contributed by atoms with E-state index in [1.165, 1.54) is 17.4 Å². The Balaban J connectivity index is 1.57. The van der Waals surface area contributed by atoms with E-state index in [2.05, 4.69) is 16.4 Å². The van der Waals surface area contributed by atoms with Gasteiger partial charge in [-0.25, -0.2) is 17.8 Å². The number of hydrogen-bond donors (Lipinski definition) is 1. The Hall–Kier alpha value is -3.16. The fourth-order valence-corrected chi connectivity index (χ4v) is 6.54. The van der Waals surface area contributed by atoms with Crippen LogP contribution in [0.25, 0.3) is 21.0 Å². The molecule has 1 aromatic carbocycles. The number of benzene rings is 1. The van der Waals surface area contributed by atoms with Gasteiger partial charge >= 0.3 is 0 Å². The van der Waals surface area contributed by atoms with Gasteiger partial charge < -0.3 is 5.32 Å². The lowest BCUT2D eigenvalue weighted by molar-refractivity contribution is -0.127. The van der Waals surface area contributed by atoms with Crippen molar-refractivity contribution in [2.45, 2.75) is 54.9 Å². The van der Waals surface area contributed by atoms with Crippen molar-refractivity contribution in [1.82, 2.24) is 15.3 Å². The third kappa shape index (κ3) is 4.90. The summed E-state index contributed by atoms with van der Waals surface area (Å²) in [6.07, 6.45) is 8.49. The maximum atomic E-state index is 13.9. The van der Waals surface area contributed by atoms with Crippen LogP contribution in [0.2, 0.25) is 0 Å². The minimum atomic E-state index is -3.35. The topological polar surface area (TPSA) is 113 Å². The molecule has 0 spiro atoms. The summed E-state index contributed by atoms with van der Waals surface area (Å²) in [4.78, 5) is 23.2. The smallest absolute Gasteiger partial charge is 0.225 e. The zero-order chi connectivity index (χ0) is 25.5. The highest BCUT2D eigenvalue weighted by Crippen LogP contribution is 2.46. The second kappa shape index (κ2) is 9.37. The average Bonchev–Trinajstić information content (AvgIpc) is 3.50. The van der Waals surface area contributed by atoms with Gasteiger partial charge in [-0.1, -0.05) is 25.0 Å². The molecule has 10 heteroatoms. The zero-order valence-corrected chi connectivity index (χ0v) is 21.3. The number of sulfone groups is 1. The number of halogens is 1. The summed E-state index contributed by atoms with van der Waals surface area (Å²) >= 11 is 1.37. The number of carbonyl (C=O) groups excluding carboxylic acids is 1. The number of hydrogen-bond acceptors (Lipinski definition) is 7. The predicted molar refractivity (Wildman–Crippen MR) is 134 cm³/mol. The van der Waals surface area contributed by atoms with Crippen molar-refractivity contribution in [2.24, 2.45) is 5.92 Å². The maximum absolute atomic E-state index is 13.9. The van der Waals surface area contributed by atoms with Gasteiger partial charge in [0.05, 0.1) is 27.7 Å². The Bertz CT molecular complexity index is 1460. The number of nitrogens with one attached hydrogen (secondary N) is 1. The van der Waals surface area contributed by atoms with Gasteiger partial charge in [-0.3, -0.25) is 9.78 Å². The highest BCUT2D eigenvalue weighted by molar-refractivity contribution is 7.90. The van der Waals surface area contributed by atoms with Crippen LogP contribution in [0.4, 0.5) is 4.39 Å².